The Morgan fingerprint density at radius 1 is 1.18 bits per heavy atom. The molecule has 28 heavy (non-hydrogen) atoms. The molecule has 0 atom stereocenters. The number of carboxylic acid groups (broad SMARTS) is 1. The van der Waals surface area contributed by atoms with E-state index >= 15 is 0 Å². The van der Waals surface area contributed by atoms with E-state index in [1.807, 2.05) is 0 Å². The van der Waals surface area contributed by atoms with E-state index in [-0.39, 0.29) is 41.7 Å². The predicted molar refractivity (Wildman–Crippen MR) is 91.9 cm³/mol. The maximum absolute atomic E-state index is 13.8. The number of halogens is 4. The van der Waals surface area contributed by atoms with Crippen molar-refractivity contribution in [2.75, 3.05) is 0 Å². The number of aliphatic carboxylic acids is 1. The molecule has 140 valence electrons. The summed E-state index contributed by atoms with van der Waals surface area (Å²) in [5.41, 5.74) is 0.158. The average molecular weight is 436 g/mol. The number of nitrogens with zero attached hydrogens (tertiary/aromatic N) is 1. The molecule has 3 rings (SSSR count). The van der Waals surface area contributed by atoms with E-state index in [4.69, 9.17) is 16.3 Å². The Hall–Kier alpha value is -1.58. The molecule has 1 aromatic heterocycles. The van der Waals surface area contributed by atoms with Gasteiger partial charge < -0.3 is 14.6 Å². The number of hydrogen-bond acceptors (Lipinski definition) is 5. The topological polar surface area (TPSA) is 62.2 Å². The molecule has 4 nitrogen and oxygen atoms in total. The minimum Gasteiger partial charge on any atom is -0.550 e. The summed E-state index contributed by atoms with van der Waals surface area (Å²) in [6.07, 6.45) is -0.354. The van der Waals surface area contributed by atoms with Crippen molar-refractivity contribution in [3.05, 3.63) is 69.4 Å². The van der Waals surface area contributed by atoms with E-state index < -0.39 is 35.6 Å². The van der Waals surface area contributed by atoms with Crippen LogP contribution < -0.4 is 39.4 Å². The number of carbonyl (C=O) groups excluding carboxylic acids is 1. The molecule has 0 amide bonds. The fourth-order valence-electron chi connectivity index (χ4n) is 2.31. The Bertz CT molecular complexity index is 1020. The summed E-state index contributed by atoms with van der Waals surface area (Å²) >= 11 is 7.14. The fourth-order valence-corrected chi connectivity index (χ4v) is 3.32. The minimum atomic E-state index is -1.32. The Morgan fingerprint density at radius 2 is 1.89 bits per heavy atom. The van der Waals surface area contributed by atoms with Crippen molar-refractivity contribution < 1.29 is 57.4 Å². The van der Waals surface area contributed by atoms with Crippen molar-refractivity contribution in [3.8, 4) is 16.3 Å². The van der Waals surface area contributed by atoms with Gasteiger partial charge in [0.25, 0.3) is 0 Å². The first-order chi connectivity index (χ1) is 12.8. The fraction of sp³-hybridized carbons (Fsp3) is 0.111. The van der Waals surface area contributed by atoms with Crippen molar-refractivity contribution in [1.82, 2.24) is 4.98 Å². The summed E-state index contributed by atoms with van der Waals surface area (Å²) in [6.45, 7) is -0.554. The van der Waals surface area contributed by atoms with E-state index in [0.717, 1.165) is 17.4 Å². The van der Waals surface area contributed by atoms with Crippen molar-refractivity contribution in [3.63, 3.8) is 0 Å². The van der Waals surface area contributed by atoms with Crippen LogP contribution in [0.3, 0.4) is 0 Å². The molecule has 0 unspecified atom stereocenters. The number of hydrogen-bond donors (Lipinski definition) is 0. The number of carbonyl (C=O) groups is 1. The van der Waals surface area contributed by atoms with Crippen LogP contribution in [0.2, 0.25) is 5.02 Å². The molecule has 0 fully saturated rings. The van der Waals surface area contributed by atoms with E-state index in [2.05, 4.69) is 4.98 Å². The van der Waals surface area contributed by atoms with Crippen molar-refractivity contribution in [2.45, 2.75) is 13.0 Å². The second-order valence-corrected chi connectivity index (χ2v) is 6.74. The van der Waals surface area contributed by atoms with Gasteiger partial charge in [0.1, 0.15) is 23.2 Å². The molecule has 1 heterocycles. The smallest absolute Gasteiger partial charge is 0.550 e. The molecule has 0 N–H and O–H groups in total. The van der Waals surface area contributed by atoms with E-state index in [9.17, 15) is 23.1 Å². The van der Waals surface area contributed by atoms with Crippen LogP contribution in [-0.2, 0) is 17.8 Å². The second-order valence-electron chi connectivity index (χ2n) is 5.44. The van der Waals surface area contributed by atoms with Gasteiger partial charge in [-0.1, -0.05) is 11.6 Å². The van der Waals surface area contributed by atoms with Crippen LogP contribution in [0.1, 0.15) is 11.3 Å². The van der Waals surface area contributed by atoms with Gasteiger partial charge in [0.15, 0.2) is 11.6 Å². The zero-order chi connectivity index (χ0) is 19.6. The van der Waals surface area contributed by atoms with Gasteiger partial charge in [0.05, 0.1) is 16.8 Å². The molecule has 0 aliphatic heterocycles. The molecule has 2 aromatic carbocycles. The summed E-state index contributed by atoms with van der Waals surface area (Å²) in [7, 11) is 0. The van der Waals surface area contributed by atoms with Gasteiger partial charge in [-0.15, -0.1) is 11.3 Å². The first-order valence-electron chi connectivity index (χ1n) is 7.54. The molecule has 3 aromatic rings. The molecule has 0 saturated carbocycles. The number of ether oxygens (including phenoxy) is 1. The molecular formula is C18H10ClF3NNaO3S. The summed E-state index contributed by atoms with van der Waals surface area (Å²) in [6, 6.07) is 6.01. The third-order valence-electron chi connectivity index (χ3n) is 3.56. The SMILES string of the molecule is O=C([O-])Cc1csc(-c2cc(Cl)ccc2OCc2c(F)ccc(F)c2F)n1.[Na+]. The van der Waals surface area contributed by atoms with E-state index in [1.54, 1.807) is 5.38 Å². The Labute approximate surface area is 189 Å². The summed E-state index contributed by atoms with van der Waals surface area (Å²) < 4.78 is 46.3. The molecule has 0 spiro atoms. The van der Waals surface area contributed by atoms with Crippen molar-refractivity contribution in [2.24, 2.45) is 0 Å². The Kier molecular flexibility index (Phi) is 7.91. The van der Waals surface area contributed by atoms with Gasteiger partial charge in [-0.25, -0.2) is 18.2 Å². The maximum atomic E-state index is 13.8. The van der Waals surface area contributed by atoms with Crippen LogP contribution in [0, 0.1) is 17.5 Å². The zero-order valence-electron chi connectivity index (χ0n) is 14.5. The van der Waals surface area contributed by atoms with Crippen LogP contribution in [0.25, 0.3) is 10.6 Å². The van der Waals surface area contributed by atoms with E-state index in [1.165, 1.54) is 18.2 Å². The average Bonchev–Trinajstić information content (AvgIpc) is 3.07. The summed E-state index contributed by atoms with van der Waals surface area (Å²) in [5, 5.41) is 13.0. The largest absolute Gasteiger partial charge is 1.00 e. The quantitative estimate of drug-likeness (QED) is 0.423. The van der Waals surface area contributed by atoms with Gasteiger partial charge in [0.2, 0.25) is 0 Å². The normalized spacial score (nSPS) is 10.4. The van der Waals surface area contributed by atoms with Gasteiger partial charge in [-0.2, -0.15) is 0 Å². The van der Waals surface area contributed by atoms with Gasteiger partial charge >= 0.3 is 29.6 Å². The monoisotopic (exact) mass is 435 g/mol. The number of aromatic nitrogens is 1. The molecule has 0 saturated heterocycles. The molecule has 0 bridgehead atoms. The van der Waals surface area contributed by atoms with Crippen molar-refractivity contribution >= 4 is 28.9 Å². The molecule has 10 heteroatoms. The van der Waals surface area contributed by atoms with Crippen LogP contribution in [-0.4, -0.2) is 11.0 Å². The molecular weight excluding hydrogens is 426 g/mol. The molecule has 0 aliphatic carbocycles. The predicted octanol–water partition coefficient (Wildman–Crippen LogP) is 0.756. The number of thiazole rings is 1. The molecule has 0 aliphatic rings. The third-order valence-corrected chi connectivity index (χ3v) is 4.72. The standard InChI is InChI=1S/C18H11ClF3NO3S.Na/c19-9-1-4-15(26-7-12-13(20)2-3-14(21)17(12)22)11(5-9)18-23-10(8-27-18)6-16(24)25;/h1-5,8H,6-7H2,(H,24,25);/q;+1/p-1. The van der Waals surface area contributed by atoms with Gasteiger partial charge in [0, 0.05) is 22.8 Å². The summed E-state index contributed by atoms with van der Waals surface area (Å²) in [5.74, 6) is -4.51. The van der Waals surface area contributed by atoms with Gasteiger partial charge in [-0.05, 0) is 30.3 Å². The van der Waals surface area contributed by atoms with Crippen LogP contribution >= 0.6 is 22.9 Å². The second kappa shape index (κ2) is 9.76. The number of benzene rings is 2. The van der Waals surface area contributed by atoms with Crippen LogP contribution in [0.5, 0.6) is 5.75 Å². The maximum Gasteiger partial charge on any atom is 1.00 e. The van der Waals surface area contributed by atoms with E-state index in [0.29, 0.717) is 27.4 Å². The zero-order valence-corrected chi connectivity index (χ0v) is 18.0. The third kappa shape index (κ3) is 5.27. The first kappa shape index (κ1) is 22.7. The number of rotatable bonds is 6. The minimum absolute atomic E-state index is 0. The Balaban J connectivity index is 0.00000280. The summed E-state index contributed by atoms with van der Waals surface area (Å²) in [4.78, 5) is 14.9. The Morgan fingerprint density at radius 3 is 2.61 bits per heavy atom. The first-order valence-corrected chi connectivity index (χ1v) is 8.80. The number of carboxylic acids is 1. The molecule has 0 radical (unpaired) electrons. The van der Waals surface area contributed by atoms with Gasteiger partial charge in [-0.3, -0.25) is 0 Å². The van der Waals surface area contributed by atoms with Crippen molar-refractivity contribution in [1.29, 1.82) is 0 Å². The van der Waals surface area contributed by atoms with Crippen LogP contribution in [0.4, 0.5) is 13.2 Å². The van der Waals surface area contributed by atoms with Crippen LogP contribution in [0.15, 0.2) is 35.7 Å².